The Morgan fingerprint density at radius 1 is 1.15 bits per heavy atom. The fraction of sp³-hybridized carbons (Fsp3) is 0.500. The van der Waals surface area contributed by atoms with Crippen molar-refractivity contribution >= 4 is 0 Å². The molecule has 0 unspecified atom stereocenters. The first-order valence-electron chi connectivity index (χ1n) is 5.03. The summed E-state index contributed by atoms with van der Waals surface area (Å²) in [6.07, 6.45) is 2.81. The second-order valence-corrected chi connectivity index (χ2v) is 3.92. The summed E-state index contributed by atoms with van der Waals surface area (Å²) in [5, 5.41) is 0. The van der Waals surface area contributed by atoms with E-state index in [0.717, 1.165) is 12.5 Å². The number of ether oxygens (including phenoxy) is 1. The van der Waals surface area contributed by atoms with Gasteiger partial charge in [-0.1, -0.05) is 37.3 Å². The number of hydrogen-bond acceptors (Lipinski definition) is 1. The lowest BCUT2D eigenvalue weighted by Crippen LogP contribution is -2.18. The van der Waals surface area contributed by atoms with Gasteiger partial charge >= 0.3 is 0 Å². The first-order valence-corrected chi connectivity index (χ1v) is 5.03. The monoisotopic (exact) mass is 176 g/mol. The van der Waals surface area contributed by atoms with Crippen LogP contribution in [0.1, 0.15) is 31.4 Å². The molecule has 70 valence electrons. The van der Waals surface area contributed by atoms with E-state index in [1.807, 2.05) is 0 Å². The Morgan fingerprint density at radius 3 is 2.54 bits per heavy atom. The van der Waals surface area contributed by atoms with Gasteiger partial charge in [0.05, 0.1) is 6.10 Å². The largest absolute Gasteiger partial charge is 0.373 e. The van der Waals surface area contributed by atoms with Gasteiger partial charge in [0.25, 0.3) is 0 Å². The van der Waals surface area contributed by atoms with Crippen molar-refractivity contribution in [3.8, 4) is 0 Å². The molecule has 1 fully saturated rings. The van der Waals surface area contributed by atoms with Gasteiger partial charge in [0.15, 0.2) is 0 Å². The zero-order valence-electron chi connectivity index (χ0n) is 8.07. The molecule has 0 bridgehead atoms. The molecule has 0 aliphatic carbocycles. The number of benzene rings is 1. The Hall–Kier alpha value is -0.820. The average molecular weight is 176 g/mol. The SMILES string of the molecule is C[C@H]1CC[C@@H](c2ccccc2)OC1. The third kappa shape index (κ3) is 2.10. The highest BCUT2D eigenvalue weighted by Crippen LogP contribution is 2.29. The molecular weight excluding hydrogens is 160 g/mol. The molecule has 1 heterocycles. The van der Waals surface area contributed by atoms with E-state index in [1.165, 1.54) is 18.4 Å². The van der Waals surface area contributed by atoms with Crippen LogP contribution in [0, 0.1) is 5.92 Å². The van der Waals surface area contributed by atoms with Crippen molar-refractivity contribution in [3.63, 3.8) is 0 Å². The van der Waals surface area contributed by atoms with Gasteiger partial charge in [-0.15, -0.1) is 0 Å². The van der Waals surface area contributed by atoms with Crippen LogP contribution in [0.2, 0.25) is 0 Å². The molecule has 1 aliphatic heterocycles. The van der Waals surface area contributed by atoms with E-state index >= 15 is 0 Å². The molecule has 0 aromatic heterocycles. The van der Waals surface area contributed by atoms with Gasteiger partial charge in [-0.2, -0.15) is 0 Å². The van der Waals surface area contributed by atoms with E-state index < -0.39 is 0 Å². The van der Waals surface area contributed by atoms with Crippen molar-refractivity contribution in [3.05, 3.63) is 35.9 Å². The van der Waals surface area contributed by atoms with Crippen LogP contribution < -0.4 is 0 Å². The minimum atomic E-state index is 0.345. The lowest BCUT2D eigenvalue weighted by atomic mass is 9.96. The molecule has 1 nitrogen and oxygen atoms in total. The second-order valence-electron chi connectivity index (χ2n) is 3.92. The van der Waals surface area contributed by atoms with E-state index in [4.69, 9.17) is 4.74 Å². The summed E-state index contributed by atoms with van der Waals surface area (Å²) in [5.41, 5.74) is 1.33. The lowest BCUT2D eigenvalue weighted by Gasteiger charge is -2.27. The lowest BCUT2D eigenvalue weighted by molar-refractivity contribution is -0.0123. The van der Waals surface area contributed by atoms with Crippen molar-refractivity contribution in [2.75, 3.05) is 6.61 Å². The van der Waals surface area contributed by atoms with E-state index in [0.29, 0.717) is 6.10 Å². The first kappa shape index (κ1) is 8.76. The van der Waals surface area contributed by atoms with Crippen LogP contribution in [-0.4, -0.2) is 6.61 Å². The third-order valence-electron chi connectivity index (χ3n) is 2.67. The van der Waals surface area contributed by atoms with Gasteiger partial charge < -0.3 is 4.74 Å². The van der Waals surface area contributed by atoms with Crippen LogP contribution >= 0.6 is 0 Å². The third-order valence-corrected chi connectivity index (χ3v) is 2.67. The molecule has 0 spiro atoms. The number of rotatable bonds is 1. The molecule has 1 saturated heterocycles. The average Bonchev–Trinajstić information content (AvgIpc) is 2.20. The first-order chi connectivity index (χ1) is 6.36. The van der Waals surface area contributed by atoms with Gasteiger partial charge in [0, 0.05) is 6.61 Å². The van der Waals surface area contributed by atoms with Gasteiger partial charge in [0.2, 0.25) is 0 Å². The summed E-state index contributed by atoms with van der Waals surface area (Å²) < 4.78 is 5.78. The van der Waals surface area contributed by atoms with E-state index in [2.05, 4.69) is 37.3 Å². The molecule has 2 atom stereocenters. The van der Waals surface area contributed by atoms with Crippen LogP contribution in [0.3, 0.4) is 0 Å². The van der Waals surface area contributed by atoms with Gasteiger partial charge in [-0.3, -0.25) is 0 Å². The van der Waals surface area contributed by atoms with Crippen molar-refractivity contribution in [2.24, 2.45) is 5.92 Å². The number of hydrogen-bond donors (Lipinski definition) is 0. The van der Waals surface area contributed by atoms with Gasteiger partial charge in [-0.05, 0) is 24.3 Å². The maximum absolute atomic E-state index is 5.78. The van der Waals surface area contributed by atoms with Crippen molar-refractivity contribution in [1.29, 1.82) is 0 Å². The highest BCUT2D eigenvalue weighted by atomic mass is 16.5. The predicted octanol–water partition coefficient (Wildman–Crippen LogP) is 3.17. The molecule has 0 saturated carbocycles. The van der Waals surface area contributed by atoms with Crippen molar-refractivity contribution < 1.29 is 4.74 Å². The molecule has 1 aliphatic rings. The van der Waals surface area contributed by atoms with E-state index in [9.17, 15) is 0 Å². The topological polar surface area (TPSA) is 9.23 Å². The normalized spacial score (nSPS) is 28.7. The Morgan fingerprint density at radius 2 is 1.92 bits per heavy atom. The molecule has 0 radical (unpaired) electrons. The molecule has 0 amide bonds. The van der Waals surface area contributed by atoms with Crippen molar-refractivity contribution in [2.45, 2.75) is 25.9 Å². The molecular formula is C12H16O. The zero-order valence-corrected chi connectivity index (χ0v) is 8.07. The highest BCUT2D eigenvalue weighted by Gasteiger charge is 2.19. The second kappa shape index (κ2) is 3.93. The Bertz CT molecular complexity index is 247. The minimum Gasteiger partial charge on any atom is -0.373 e. The Kier molecular flexibility index (Phi) is 2.65. The summed E-state index contributed by atoms with van der Waals surface area (Å²) in [4.78, 5) is 0. The standard InChI is InChI=1S/C12H16O/c1-10-7-8-12(13-9-10)11-5-3-2-4-6-11/h2-6,10,12H,7-9H2,1H3/t10-,12-/m0/s1. The van der Waals surface area contributed by atoms with E-state index in [1.54, 1.807) is 0 Å². The van der Waals surface area contributed by atoms with Crippen LogP contribution in [-0.2, 0) is 4.74 Å². The van der Waals surface area contributed by atoms with Crippen LogP contribution in [0.15, 0.2) is 30.3 Å². The summed E-state index contributed by atoms with van der Waals surface area (Å²) >= 11 is 0. The molecule has 1 aromatic carbocycles. The van der Waals surface area contributed by atoms with E-state index in [-0.39, 0.29) is 0 Å². The van der Waals surface area contributed by atoms with Crippen LogP contribution in [0.5, 0.6) is 0 Å². The Balaban J connectivity index is 2.03. The molecule has 0 N–H and O–H groups in total. The predicted molar refractivity (Wildman–Crippen MR) is 53.5 cm³/mol. The summed E-state index contributed by atoms with van der Waals surface area (Å²) in [6, 6.07) is 10.5. The Labute approximate surface area is 79.7 Å². The van der Waals surface area contributed by atoms with Crippen molar-refractivity contribution in [1.82, 2.24) is 0 Å². The van der Waals surface area contributed by atoms with Gasteiger partial charge in [-0.25, -0.2) is 0 Å². The molecule has 2 rings (SSSR count). The smallest absolute Gasteiger partial charge is 0.0825 e. The van der Waals surface area contributed by atoms with Gasteiger partial charge in [0.1, 0.15) is 0 Å². The van der Waals surface area contributed by atoms with Crippen LogP contribution in [0.4, 0.5) is 0 Å². The highest BCUT2D eigenvalue weighted by molar-refractivity contribution is 5.17. The molecule has 13 heavy (non-hydrogen) atoms. The zero-order chi connectivity index (χ0) is 9.10. The maximum atomic E-state index is 5.78. The maximum Gasteiger partial charge on any atom is 0.0825 e. The fourth-order valence-corrected chi connectivity index (χ4v) is 1.81. The summed E-state index contributed by atoms with van der Waals surface area (Å²) in [6.45, 7) is 3.17. The quantitative estimate of drug-likeness (QED) is 0.638. The molecule has 1 aromatic rings. The summed E-state index contributed by atoms with van der Waals surface area (Å²) in [7, 11) is 0. The summed E-state index contributed by atoms with van der Waals surface area (Å²) in [5.74, 6) is 0.736. The fourth-order valence-electron chi connectivity index (χ4n) is 1.81. The molecule has 1 heteroatoms. The van der Waals surface area contributed by atoms with Crippen LogP contribution in [0.25, 0.3) is 0 Å². The minimum absolute atomic E-state index is 0.345.